The van der Waals surface area contributed by atoms with Gasteiger partial charge < -0.3 is 19.8 Å². The van der Waals surface area contributed by atoms with Gasteiger partial charge in [-0.25, -0.2) is 4.39 Å². The third-order valence-electron chi connectivity index (χ3n) is 4.08. The van der Waals surface area contributed by atoms with Gasteiger partial charge in [0.15, 0.2) is 0 Å². The molecule has 25 heavy (non-hydrogen) atoms. The van der Waals surface area contributed by atoms with Gasteiger partial charge in [0.2, 0.25) is 0 Å². The number of fused-ring (bicyclic) bond motifs is 1. The molecule has 1 amide bonds. The van der Waals surface area contributed by atoms with E-state index in [1.807, 2.05) is 19.1 Å². The van der Waals surface area contributed by atoms with E-state index in [1.165, 1.54) is 12.1 Å². The summed E-state index contributed by atoms with van der Waals surface area (Å²) in [6.45, 7) is 1.87. The van der Waals surface area contributed by atoms with Crippen molar-refractivity contribution in [3.05, 3.63) is 59.5 Å². The van der Waals surface area contributed by atoms with Crippen molar-refractivity contribution < 1.29 is 18.7 Å². The zero-order chi connectivity index (χ0) is 18.0. The minimum Gasteiger partial charge on any atom is -0.497 e. The second-order valence-corrected chi connectivity index (χ2v) is 5.72. The van der Waals surface area contributed by atoms with E-state index in [9.17, 15) is 9.18 Å². The third-order valence-corrected chi connectivity index (χ3v) is 4.08. The molecular formula is C19H19FN2O3. The number of H-pyrrole nitrogens is 1. The van der Waals surface area contributed by atoms with Crippen LogP contribution in [0.1, 0.15) is 29.0 Å². The topological polar surface area (TPSA) is 63.3 Å². The molecule has 0 radical (unpaired) electrons. The number of carbonyl (C=O) groups is 1. The molecule has 2 aromatic carbocycles. The van der Waals surface area contributed by atoms with Crippen LogP contribution < -0.4 is 14.8 Å². The quantitative estimate of drug-likeness (QED) is 0.741. The third kappa shape index (κ3) is 3.42. The zero-order valence-corrected chi connectivity index (χ0v) is 14.2. The van der Waals surface area contributed by atoms with Crippen molar-refractivity contribution in [3.8, 4) is 11.5 Å². The van der Waals surface area contributed by atoms with Gasteiger partial charge in [0.1, 0.15) is 23.0 Å². The largest absolute Gasteiger partial charge is 0.497 e. The van der Waals surface area contributed by atoms with Crippen molar-refractivity contribution in [2.75, 3.05) is 14.2 Å². The summed E-state index contributed by atoms with van der Waals surface area (Å²) in [7, 11) is 3.15. The average molecular weight is 342 g/mol. The van der Waals surface area contributed by atoms with Crippen molar-refractivity contribution >= 4 is 16.8 Å². The second-order valence-electron chi connectivity index (χ2n) is 5.72. The second kappa shape index (κ2) is 6.84. The summed E-state index contributed by atoms with van der Waals surface area (Å²) in [5, 5.41) is 3.57. The van der Waals surface area contributed by atoms with E-state index in [4.69, 9.17) is 9.47 Å². The van der Waals surface area contributed by atoms with Gasteiger partial charge in [0.05, 0.1) is 20.3 Å². The van der Waals surface area contributed by atoms with Crippen LogP contribution >= 0.6 is 0 Å². The van der Waals surface area contributed by atoms with Crippen molar-refractivity contribution in [2.45, 2.75) is 13.0 Å². The highest BCUT2D eigenvalue weighted by Crippen LogP contribution is 2.29. The molecule has 3 aromatic rings. The number of benzene rings is 2. The van der Waals surface area contributed by atoms with Crippen LogP contribution in [0.2, 0.25) is 0 Å². The molecule has 1 aromatic heterocycles. The van der Waals surface area contributed by atoms with Crippen LogP contribution in [0.15, 0.2) is 42.5 Å². The molecule has 1 atom stereocenters. The van der Waals surface area contributed by atoms with Crippen LogP contribution in [0.5, 0.6) is 11.5 Å². The number of amides is 1. The number of ether oxygens (including phenoxy) is 2. The van der Waals surface area contributed by atoms with Crippen LogP contribution in [0.25, 0.3) is 10.9 Å². The molecule has 0 spiro atoms. The lowest BCUT2D eigenvalue weighted by molar-refractivity contribution is 0.0935. The molecule has 0 saturated carbocycles. The first-order chi connectivity index (χ1) is 12.0. The fourth-order valence-corrected chi connectivity index (χ4v) is 2.75. The molecule has 0 fully saturated rings. The first-order valence-electron chi connectivity index (χ1n) is 7.83. The van der Waals surface area contributed by atoms with Crippen molar-refractivity contribution in [2.24, 2.45) is 0 Å². The van der Waals surface area contributed by atoms with Gasteiger partial charge in [-0.05, 0) is 43.3 Å². The number of rotatable bonds is 5. The highest BCUT2D eigenvalue weighted by atomic mass is 19.1. The Morgan fingerprint density at radius 3 is 2.64 bits per heavy atom. The Bertz CT molecular complexity index is 920. The minimum atomic E-state index is -0.338. The Morgan fingerprint density at radius 1 is 1.12 bits per heavy atom. The highest BCUT2D eigenvalue weighted by molar-refractivity contribution is 5.98. The van der Waals surface area contributed by atoms with E-state index in [1.54, 1.807) is 32.4 Å². The summed E-state index contributed by atoms with van der Waals surface area (Å²) in [4.78, 5) is 15.5. The fourth-order valence-electron chi connectivity index (χ4n) is 2.75. The minimum absolute atomic E-state index is 0.276. The van der Waals surface area contributed by atoms with Gasteiger partial charge in [0, 0.05) is 22.5 Å². The van der Waals surface area contributed by atoms with Crippen LogP contribution in [-0.2, 0) is 0 Å². The van der Waals surface area contributed by atoms with Gasteiger partial charge in [-0.1, -0.05) is 0 Å². The molecule has 5 nitrogen and oxygen atoms in total. The zero-order valence-electron chi connectivity index (χ0n) is 14.2. The molecule has 1 unspecified atom stereocenters. The summed E-state index contributed by atoms with van der Waals surface area (Å²) in [6, 6.07) is 11.1. The first-order valence-corrected chi connectivity index (χ1v) is 7.83. The summed E-state index contributed by atoms with van der Waals surface area (Å²) in [6.07, 6.45) is 0. The number of hydrogen-bond donors (Lipinski definition) is 2. The Labute approximate surface area is 144 Å². The van der Waals surface area contributed by atoms with E-state index in [-0.39, 0.29) is 17.8 Å². The van der Waals surface area contributed by atoms with E-state index in [0.717, 1.165) is 5.56 Å². The van der Waals surface area contributed by atoms with Crippen LogP contribution in [0, 0.1) is 5.82 Å². The number of methoxy groups -OCH3 is 2. The van der Waals surface area contributed by atoms with Crippen molar-refractivity contribution in [1.82, 2.24) is 10.3 Å². The smallest absolute Gasteiger partial charge is 0.268 e. The van der Waals surface area contributed by atoms with Crippen molar-refractivity contribution in [3.63, 3.8) is 0 Å². The van der Waals surface area contributed by atoms with Crippen LogP contribution in [-0.4, -0.2) is 25.1 Å². The van der Waals surface area contributed by atoms with Gasteiger partial charge in [-0.2, -0.15) is 0 Å². The van der Waals surface area contributed by atoms with Gasteiger partial charge >= 0.3 is 0 Å². The molecular weight excluding hydrogens is 323 g/mol. The van der Waals surface area contributed by atoms with E-state index >= 15 is 0 Å². The summed E-state index contributed by atoms with van der Waals surface area (Å²) >= 11 is 0. The predicted molar refractivity (Wildman–Crippen MR) is 93.7 cm³/mol. The molecule has 3 rings (SSSR count). The monoisotopic (exact) mass is 342 g/mol. The molecule has 0 aliphatic heterocycles. The molecule has 0 aliphatic carbocycles. The summed E-state index contributed by atoms with van der Waals surface area (Å²) in [5.41, 5.74) is 1.92. The molecule has 130 valence electrons. The lowest BCUT2D eigenvalue weighted by atomic mass is 10.1. The fraction of sp³-hybridized carbons (Fsp3) is 0.211. The molecule has 6 heteroatoms. The Balaban J connectivity index is 1.81. The number of aromatic nitrogens is 1. The number of aromatic amines is 1. The SMILES string of the molecule is COc1ccc(C(C)NC(=O)c2cc3cc(F)ccc3[nH]2)c(OC)c1. The molecule has 2 N–H and O–H groups in total. The van der Waals surface area contributed by atoms with Crippen LogP contribution in [0.3, 0.4) is 0 Å². The normalized spacial score (nSPS) is 12.0. The van der Waals surface area contributed by atoms with Crippen molar-refractivity contribution in [1.29, 1.82) is 0 Å². The Hall–Kier alpha value is -3.02. The lowest BCUT2D eigenvalue weighted by Gasteiger charge is -2.17. The standard InChI is InChI=1S/C19H19FN2O3/c1-11(15-6-5-14(24-2)10-18(15)25-3)21-19(23)17-9-12-8-13(20)4-7-16(12)22-17/h4-11,22H,1-3H3,(H,21,23). The number of carbonyl (C=O) groups excluding carboxylic acids is 1. The molecule has 1 heterocycles. The molecule has 0 saturated heterocycles. The number of halogens is 1. The summed E-state index contributed by atoms with van der Waals surface area (Å²) < 4.78 is 23.8. The van der Waals surface area contributed by atoms with E-state index in [2.05, 4.69) is 10.3 Å². The maximum absolute atomic E-state index is 13.3. The first kappa shape index (κ1) is 16.8. The van der Waals surface area contributed by atoms with Gasteiger partial charge in [-0.3, -0.25) is 4.79 Å². The predicted octanol–water partition coefficient (Wildman–Crippen LogP) is 3.82. The van der Waals surface area contributed by atoms with Crippen LogP contribution in [0.4, 0.5) is 4.39 Å². The average Bonchev–Trinajstić information content (AvgIpc) is 3.04. The maximum atomic E-state index is 13.3. The lowest BCUT2D eigenvalue weighted by Crippen LogP contribution is -2.27. The maximum Gasteiger partial charge on any atom is 0.268 e. The Morgan fingerprint density at radius 2 is 1.92 bits per heavy atom. The van der Waals surface area contributed by atoms with Gasteiger partial charge in [-0.15, -0.1) is 0 Å². The highest BCUT2D eigenvalue weighted by Gasteiger charge is 2.17. The van der Waals surface area contributed by atoms with E-state index in [0.29, 0.717) is 28.1 Å². The number of nitrogens with one attached hydrogen (secondary N) is 2. The summed E-state index contributed by atoms with van der Waals surface area (Å²) in [5.74, 6) is 0.694. The van der Waals surface area contributed by atoms with E-state index < -0.39 is 0 Å². The number of hydrogen-bond acceptors (Lipinski definition) is 3. The van der Waals surface area contributed by atoms with Gasteiger partial charge in [0.25, 0.3) is 5.91 Å². The Kier molecular flexibility index (Phi) is 4.61. The molecule has 0 bridgehead atoms. The molecule has 0 aliphatic rings.